The van der Waals surface area contributed by atoms with Gasteiger partial charge in [0, 0.05) is 30.2 Å². The van der Waals surface area contributed by atoms with Crippen LogP contribution in [0, 0.1) is 12.8 Å². The second-order valence-corrected chi connectivity index (χ2v) is 10.2. The monoisotopic (exact) mass is 494 g/mol. The number of amides is 1. The van der Waals surface area contributed by atoms with Gasteiger partial charge in [-0.3, -0.25) is 28.4 Å². The highest BCUT2D eigenvalue weighted by molar-refractivity contribution is 7.21. The van der Waals surface area contributed by atoms with Crippen LogP contribution < -0.4 is 11.2 Å². The third kappa shape index (κ3) is 3.64. The highest BCUT2D eigenvalue weighted by Crippen LogP contribution is 2.35. The van der Waals surface area contributed by atoms with E-state index in [-0.39, 0.29) is 27.5 Å². The maximum absolute atomic E-state index is 14.0. The first kappa shape index (κ1) is 23.3. The number of ketones is 1. The maximum atomic E-state index is 14.0. The fourth-order valence-electron chi connectivity index (χ4n) is 4.64. The quantitative estimate of drug-likeness (QED) is 0.429. The Balaban J connectivity index is 1.85. The van der Waals surface area contributed by atoms with Crippen LogP contribution in [0.4, 0.5) is 0 Å². The molecule has 3 aromatic heterocycles. The number of thiophene rings is 1. The number of aromatic amines is 1. The number of hydrogen-bond acceptors (Lipinski definition) is 6. The lowest BCUT2D eigenvalue weighted by atomic mass is 10.0. The minimum absolute atomic E-state index is 0.000290. The van der Waals surface area contributed by atoms with E-state index in [9.17, 15) is 19.2 Å². The molecule has 1 aliphatic heterocycles. The fourth-order valence-corrected chi connectivity index (χ4v) is 5.87. The van der Waals surface area contributed by atoms with Crippen LogP contribution in [0.5, 0.6) is 0 Å². The maximum Gasteiger partial charge on any atom is 0.331 e. The molecule has 182 valence electrons. The lowest BCUT2D eigenvalue weighted by molar-refractivity contribution is -0.0767. The summed E-state index contributed by atoms with van der Waals surface area (Å²) in [5, 5.41) is 2.02. The van der Waals surface area contributed by atoms with Crippen molar-refractivity contribution in [2.45, 2.75) is 33.7 Å². The molecular weight excluding hydrogens is 468 g/mol. The van der Waals surface area contributed by atoms with Gasteiger partial charge in [0.25, 0.3) is 11.5 Å². The van der Waals surface area contributed by atoms with Gasteiger partial charge in [-0.25, -0.2) is 9.86 Å². The van der Waals surface area contributed by atoms with Crippen LogP contribution in [-0.2, 0) is 18.4 Å². The number of para-hydroxylation sites is 1. The van der Waals surface area contributed by atoms with E-state index in [1.54, 1.807) is 6.92 Å². The number of benzene rings is 1. The van der Waals surface area contributed by atoms with Crippen LogP contribution in [0.25, 0.3) is 21.1 Å². The average Bonchev–Trinajstić information content (AvgIpc) is 3.56. The summed E-state index contributed by atoms with van der Waals surface area (Å²) < 4.78 is 2.50. The van der Waals surface area contributed by atoms with E-state index in [4.69, 9.17) is 4.84 Å². The van der Waals surface area contributed by atoms with E-state index in [1.807, 2.05) is 38.1 Å². The molecule has 1 amide bonds. The Kier molecular flexibility index (Phi) is 5.72. The second-order valence-electron chi connectivity index (χ2n) is 9.23. The van der Waals surface area contributed by atoms with Gasteiger partial charge in [0.1, 0.15) is 4.83 Å². The zero-order valence-electron chi connectivity index (χ0n) is 20.0. The van der Waals surface area contributed by atoms with Gasteiger partial charge in [-0.2, -0.15) is 0 Å². The fraction of sp³-hybridized carbons (Fsp3) is 0.360. The van der Waals surface area contributed by atoms with E-state index >= 15 is 0 Å². The number of nitrogens with zero attached hydrogens (tertiary/aromatic N) is 3. The third-order valence-corrected chi connectivity index (χ3v) is 7.45. The molecule has 0 unspecified atom stereocenters. The van der Waals surface area contributed by atoms with Gasteiger partial charge in [-0.15, -0.1) is 11.3 Å². The molecule has 0 aliphatic carbocycles. The summed E-state index contributed by atoms with van der Waals surface area (Å²) in [6.07, 6.45) is 0.661. The largest absolute Gasteiger partial charge is 0.358 e. The van der Waals surface area contributed by atoms with Crippen molar-refractivity contribution in [2.24, 2.45) is 13.0 Å². The molecule has 0 bridgehead atoms. The Morgan fingerprint density at radius 3 is 2.60 bits per heavy atom. The van der Waals surface area contributed by atoms with Crippen molar-refractivity contribution in [3.05, 3.63) is 66.8 Å². The van der Waals surface area contributed by atoms with Crippen molar-refractivity contribution in [1.29, 1.82) is 0 Å². The third-order valence-electron chi connectivity index (χ3n) is 6.24. The molecule has 10 heteroatoms. The summed E-state index contributed by atoms with van der Waals surface area (Å²) in [6.45, 7) is 6.82. The summed E-state index contributed by atoms with van der Waals surface area (Å²) in [4.78, 5) is 63.3. The molecule has 0 spiro atoms. The Labute approximate surface area is 204 Å². The summed E-state index contributed by atoms with van der Waals surface area (Å²) in [7, 11) is 1.39. The predicted octanol–water partition coefficient (Wildman–Crippen LogP) is 3.22. The Morgan fingerprint density at radius 2 is 1.91 bits per heavy atom. The van der Waals surface area contributed by atoms with Crippen molar-refractivity contribution in [2.75, 3.05) is 13.2 Å². The predicted molar refractivity (Wildman–Crippen MR) is 134 cm³/mol. The molecule has 0 atom stereocenters. The Morgan fingerprint density at radius 1 is 1.17 bits per heavy atom. The highest BCUT2D eigenvalue weighted by Gasteiger charge is 2.34. The van der Waals surface area contributed by atoms with Gasteiger partial charge in [0.05, 0.1) is 34.5 Å². The van der Waals surface area contributed by atoms with Crippen molar-refractivity contribution in [3.63, 3.8) is 0 Å². The van der Waals surface area contributed by atoms with Crippen LogP contribution >= 0.6 is 11.3 Å². The van der Waals surface area contributed by atoms with Gasteiger partial charge >= 0.3 is 5.69 Å². The molecule has 35 heavy (non-hydrogen) atoms. The Hall–Kier alpha value is -3.50. The van der Waals surface area contributed by atoms with Gasteiger partial charge in [-0.05, 0) is 25.3 Å². The van der Waals surface area contributed by atoms with E-state index in [0.717, 1.165) is 26.8 Å². The minimum Gasteiger partial charge on any atom is -0.358 e. The number of nitrogens with one attached hydrogen (secondary N) is 1. The van der Waals surface area contributed by atoms with Gasteiger partial charge in [-0.1, -0.05) is 32.0 Å². The smallest absolute Gasteiger partial charge is 0.331 e. The molecule has 0 saturated carbocycles. The average molecular weight is 495 g/mol. The second kappa shape index (κ2) is 8.62. The zero-order chi connectivity index (χ0) is 25.0. The number of carbonyl (C=O) groups excluding carboxylic acids is 2. The molecule has 1 fully saturated rings. The van der Waals surface area contributed by atoms with Crippen LogP contribution in [0.3, 0.4) is 0 Å². The van der Waals surface area contributed by atoms with Crippen molar-refractivity contribution in [1.82, 2.24) is 19.2 Å². The lowest BCUT2D eigenvalue weighted by Crippen LogP contribution is -2.39. The van der Waals surface area contributed by atoms with Crippen molar-refractivity contribution in [3.8, 4) is 0 Å². The molecule has 1 N–H and O–H groups in total. The SMILES string of the molecule is Cc1[nH]c2ccccc2c1C(=O)c1sc2c(c1C(=O)N1CCCO1)c(=O)n(C)c(=O)n2CC(C)C. The molecule has 1 saturated heterocycles. The number of hydroxylamine groups is 2. The normalized spacial score (nSPS) is 14.0. The minimum atomic E-state index is -0.599. The first-order valence-electron chi connectivity index (χ1n) is 11.5. The number of aryl methyl sites for hydroxylation is 1. The zero-order valence-corrected chi connectivity index (χ0v) is 20.8. The topological polar surface area (TPSA) is 106 Å². The Bertz CT molecular complexity index is 1610. The van der Waals surface area contributed by atoms with E-state index in [0.29, 0.717) is 42.2 Å². The van der Waals surface area contributed by atoms with Crippen LogP contribution in [0.15, 0.2) is 33.9 Å². The summed E-state index contributed by atoms with van der Waals surface area (Å²) in [6, 6.07) is 7.44. The first-order chi connectivity index (χ1) is 16.7. The summed E-state index contributed by atoms with van der Waals surface area (Å²) in [5.41, 5.74) is 0.835. The molecule has 9 nitrogen and oxygen atoms in total. The number of carbonyl (C=O) groups is 2. The van der Waals surface area contributed by atoms with E-state index in [1.165, 1.54) is 16.7 Å². The molecule has 4 heterocycles. The van der Waals surface area contributed by atoms with Crippen LogP contribution in [0.1, 0.15) is 51.6 Å². The highest BCUT2D eigenvalue weighted by atomic mass is 32.1. The lowest BCUT2D eigenvalue weighted by Gasteiger charge is -2.15. The van der Waals surface area contributed by atoms with Crippen molar-refractivity contribution < 1.29 is 14.4 Å². The van der Waals surface area contributed by atoms with Crippen LogP contribution in [0.2, 0.25) is 0 Å². The molecule has 0 radical (unpaired) electrons. The molecule has 1 aromatic carbocycles. The summed E-state index contributed by atoms with van der Waals surface area (Å²) in [5.74, 6) is -0.803. The number of rotatable bonds is 5. The van der Waals surface area contributed by atoms with Gasteiger partial charge in [0.2, 0.25) is 5.78 Å². The van der Waals surface area contributed by atoms with Crippen LogP contribution in [-0.4, -0.2) is 44.0 Å². The summed E-state index contributed by atoms with van der Waals surface area (Å²) >= 11 is 1.02. The molecule has 1 aliphatic rings. The van der Waals surface area contributed by atoms with E-state index in [2.05, 4.69) is 4.98 Å². The molecular formula is C25H26N4O5S. The van der Waals surface area contributed by atoms with Gasteiger partial charge < -0.3 is 4.98 Å². The van der Waals surface area contributed by atoms with Crippen molar-refractivity contribution >= 4 is 44.1 Å². The molecule has 5 rings (SSSR count). The number of aromatic nitrogens is 3. The number of hydrogen-bond donors (Lipinski definition) is 1. The standard InChI is InChI=1S/C25H26N4O5S/c1-13(2)12-28-24-19(22(31)27(4)25(28)33)18(23(32)29-10-7-11-34-29)21(35-24)20(30)17-14(3)26-16-9-6-5-8-15(16)17/h5-6,8-9,13,26H,7,10-12H2,1-4H3. The molecule has 4 aromatic rings. The first-order valence-corrected chi connectivity index (χ1v) is 12.4. The number of H-pyrrole nitrogens is 1. The van der Waals surface area contributed by atoms with Gasteiger partial charge in [0.15, 0.2) is 0 Å². The number of fused-ring (bicyclic) bond motifs is 2. The van der Waals surface area contributed by atoms with E-state index < -0.39 is 17.2 Å².